The summed E-state index contributed by atoms with van der Waals surface area (Å²) in [5.74, 6) is -0.913. The van der Waals surface area contributed by atoms with Gasteiger partial charge in [-0.15, -0.1) is 0 Å². The van der Waals surface area contributed by atoms with Crippen molar-refractivity contribution in [2.24, 2.45) is 5.92 Å². The van der Waals surface area contributed by atoms with Crippen LogP contribution in [-0.2, 0) is 16.1 Å². The van der Waals surface area contributed by atoms with E-state index in [9.17, 15) is 14.0 Å². The fraction of sp³-hybridized carbons (Fsp3) is 0.407. The van der Waals surface area contributed by atoms with E-state index in [2.05, 4.69) is 11.4 Å². The quantitative estimate of drug-likeness (QED) is 0.523. The third-order valence-electron chi connectivity index (χ3n) is 5.85. The van der Waals surface area contributed by atoms with E-state index in [-0.39, 0.29) is 30.1 Å². The van der Waals surface area contributed by atoms with Crippen LogP contribution in [0.3, 0.4) is 0 Å². The number of hydrogen-bond acceptors (Lipinski definition) is 2. The molecule has 0 spiro atoms. The molecule has 32 heavy (non-hydrogen) atoms. The van der Waals surface area contributed by atoms with Gasteiger partial charge in [-0.3, -0.25) is 9.59 Å². The zero-order chi connectivity index (χ0) is 22.9. The molecule has 1 N–H and O–H groups in total. The largest absolute Gasteiger partial charge is 0.354 e. The Morgan fingerprint density at radius 3 is 2.38 bits per heavy atom. The molecule has 2 amide bonds. The van der Waals surface area contributed by atoms with Crippen LogP contribution in [-0.4, -0.2) is 23.3 Å². The zero-order valence-electron chi connectivity index (χ0n) is 19.0. The smallest absolute Gasteiger partial charge is 0.247 e. The molecule has 3 rings (SSSR count). The molecule has 1 atom stereocenters. The highest BCUT2D eigenvalue weighted by molar-refractivity contribution is 5.89. The molecule has 1 unspecified atom stereocenters. The molecule has 2 aromatic carbocycles. The maximum atomic E-state index is 13.4. The summed E-state index contributed by atoms with van der Waals surface area (Å²) in [5.41, 5.74) is 2.94. The highest BCUT2D eigenvalue weighted by atomic mass is 19.1. The minimum Gasteiger partial charge on any atom is -0.354 e. The van der Waals surface area contributed by atoms with Gasteiger partial charge in [-0.1, -0.05) is 68.0 Å². The Labute approximate surface area is 190 Å². The van der Waals surface area contributed by atoms with Gasteiger partial charge in [0.25, 0.3) is 0 Å². The van der Waals surface area contributed by atoms with E-state index in [0.29, 0.717) is 6.54 Å². The van der Waals surface area contributed by atoms with Crippen LogP contribution in [0.2, 0.25) is 0 Å². The van der Waals surface area contributed by atoms with E-state index in [1.807, 2.05) is 44.2 Å². The van der Waals surface area contributed by atoms with E-state index in [0.717, 1.165) is 30.4 Å². The normalized spacial score (nSPS) is 14.6. The number of carbonyl (C=O) groups is 2. The van der Waals surface area contributed by atoms with E-state index in [1.165, 1.54) is 30.5 Å². The van der Waals surface area contributed by atoms with Gasteiger partial charge in [0, 0.05) is 19.0 Å². The Hall–Kier alpha value is -2.95. The lowest BCUT2D eigenvalue weighted by Crippen LogP contribution is -2.45. The van der Waals surface area contributed by atoms with Crippen molar-refractivity contribution in [2.75, 3.05) is 6.54 Å². The summed E-state index contributed by atoms with van der Waals surface area (Å²) in [6, 6.07) is 14.7. The number of nitrogens with one attached hydrogen (secondary N) is 1. The number of nitrogens with zero attached hydrogens (tertiary/aromatic N) is 1. The lowest BCUT2D eigenvalue weighted by molar-refractivity contribution is -0.144. The first kappa shape index (κ1) is 23.7. The molecule has 5 heteroatoms. The van der Waals surface area contributed by atoms with Crippen LogP contribution in [0.5, 0.6) is 0 Å². The number of allylic oxidation sites excluding steroid dienone is 1. The van der Waals surface area contributed by atoms with Crippen LogP contribution in [0, 0.1) is 11.7 Å². The molecule has 4 nitrogen and oxygen atoms in total. The van der Waals surface area contributed by atoms with Gasteiger partial charge in [0.05, 0.1) is 0 Å². The van der Waals surface area contributed by atoms with Crippen molar-refractivity contribution in [1.29, 1.82) is 0 Å². The van der Waals surface area contributed by atoms with Crippen molar-refractivity contribution >= 4 is 11.8 Å². The van der Waals surface area contributed by atoms with E-state index >= 15 is 0 Å². The summed E-state index contributed by atoms with van der Waals surface area (Å²) >= 11 is 0. The van der Waals surface area contributed by atoms with Crippen LogP contribution in [0.25, 0.3) is 0 Å². The van der Waals surface area contributed by atoms with E-state index in [1.54, 1.807) is 17.0 Å². The van der Waals surface area contributed by atoms with Crippen molar-refractivity contribution in [2.45, 2.75) is 58.5 Å². The minimum atomic E-state index is -0.753. The summed E-state index contributed by atoms with van der Waals surface area (Å²) < 4.78 is 13.4. The van der Waals surface area contributed by atoms with Crippen molar-refractivity contribution in [3.8, 4) is 0 Å². The van der Waals surface area contributed by atoms with Gasteiger partial charge >= 0.3 is 0 Å². The number of benzene rings is 2. The summed E-state index contributed by atoms with van der Waals surface area (Å²) in [7, 11) is 0. The molecule has 0 bridgehead atoms. The second-order valence-electron chi connectivity index (χ2n) is 8.71. The topological polar surface area (TPSA) is 49.4 Å². The van der Waals surface area contributed by atoms with Crippen LogP contribution < -0.4 is 5.32 Å². The monoisotopic (exact) mass is 436 g/mol. The third-order valence-corrected chi connectivity index (χ3v) is 5.85. The molecule has 2 aromatic rings. The summed E-state index contributed by atoms with van der Waals surface area (Å²) in [6.07, 6.45) is 7.78. The van der Waals surface area contributed by atoms with Crippen LogP contribution in [0.15, 0.2) is 66.2 Å². The summed E-state index contributed by atoms with van der Waals surface area (Å²) in [6.45, 7) is 4.44. The lowest BCUT2D eigenvalue weighted by atomic mass is 9.97. The molecule has 0 fully saturated rings. The first-order chi connectivity index (χ1) is 15.5. The predicted octanol–water partition coefficient (Wildman–Crippen LogP) is 5.56. The molecule has 0 heterocycles. The van der Waals surface area contributed by atoms with Gasteiger partial charge in [-0.05, 0) is 55.4 Å². The van der Waals surface area contributed by atoms with Crippen molar-refractivity contribution in [1.82, 2.24) is 10.2 Å². The summed E-state index contributed by atoms with van der Waals surface area (Å²) in [5, 5.41) is 3.06. The van der Waals surface area contributed by atoms with Crippen molar-refractivity contribution in [3.05, 3.63) is 83.2 Å². The van der Waals surface area contributed by atoms with Gasteiger partial charge in [0.15, 0.2) is 0 Å². The second-order valence-corrected chi connectivity index (χ2v) is 8.71. The van der Waals surface area contributed by atoms with Gasteiger partial charge in [0.2, 0.25) is 11.8 Å². The zero-order valence-corrected chi connectivity index (χ0v) is 19.0. The molecule has 170 valence electrons. The number of halogens is 1. The average molecular weight is 437 g/mol. The van der Waals surface area contributed by atoms with Gasteiger partial charge in [-0.2, -0.15) is 0 Å². The van der Waals surface area contributed by atoms with Gasteiger partial charge < -0.3 is 10.2 Å². The molecule has 1 aliphatic rings. The molecule has 0 saturated heterocycles. The molecule has 0 aliphatic heterocycles. The Balaban J connectivity index is 1.84. The minimum absolute atomic E-state index is 0.117. The van der Waals surface area contributed by atoms with Crippen molar-refractivity contribution in [3.63, 3.8) is 0 Å². The molecular weight excluding hydrogens is 403 g/mol. The number of hydrogen-bond donors (Lipinski definition) is 1. The molecule has 1 aliphatic carbocycles. The average Bonchev–Trinajstić information content (AvgIpc) is 2.81. The van der Waals surface area contributed by atoms with Gasteiger partial charge in [0.1, 0.15) is 11.9 Å². The fourth-order valence-corrected chi connectivity index (χ4v) is 4.10. The number of carbonyl (C=O) groups excluding carboxylic acids is 2. The van der Waals surface area contributed by atoms with Crippen LogP contribution in [0.1, 0.15) is 63.1 Å². The Morgan fingerprint density at radius 2 is 1.75 bits per heavy atom. The maximum absolute atomic E-state index is 13.4. The summed E-state index contributed by atoms with van der Waals surface area (Å²) in [4.78, 5) is 28.2. The molecule has 0 saturated carbocycles. The first-order valence-corrected chi connectivity index (χ1v) is 11.5. The SMILES string of the molecule is CC(C)C(=O)N(Cc1ccc(F)cc1)C(C(=O)NCCC1=CCCCC1)c1ccccc1. The Bertz CT molecular complexity index is 922. The highest BCUT2D eigenvalue weighted by Crippen LogP contribution is 2.26. The molecule has 0 aromatic heterocycles. The molecular formula is C27H33FN2O2. The van der Waals surface area contributed by atoms with Crippen LogP contribution in [0.4, 0.5) is 4.39 Å². The lowest BCUT2D eigenvalue weighted by Gasteiger charge is -2.33. The fourth-order valence-electron chi connectivity index (χ4n) is 4.10. The Kier molecular flexibility index (Phi) is 8.60. The third kappa shape index (κ3) is 6.52. The first-order valence-electron chi connectivity index (χ1n) is 11.5. The van der Waals surface area contributed by atoms with Crippen LogP contribution >= 0.6 is 0 Å². The molecule has 0 radical (unpaired) electrons. The maximum Gasteiger partial charge on any atom is 0.247 e. The van der Waals surface area contributed by atoms with Gasteiger partial charge in [-0.25, -0.2) is 4.39 Å². The van der Waals surface area contributed by atoms with Crippen molar-refractivity contribution < 1.29 is 14.0 Å². The second kappa shape index (κ2) is 11.6. The van der Waals surface area contributed by atoms with E-state index in [4.69, 9.17) is 0 Å². The highest BCUT2D eigenvalue weighted by Gasteiger charge is 2.32. The number of amides is 2. The van der Waals surface area contributed by atoms with E-state index < -0.39 is 6.04 Å². The number of rotatable bonds is 9. The standard InChI is InChI=1S/C27H33FN2O2/c1-20(2)27(32)30(19-22-13-15-24(28)16-14-22)25(23-11-7-4-8-12-23)26(31)29-18-17-21-9-5-3-6-10-21/h4,7-9,11-16,20,25H,3,5-6,10,17-19H2,1-2H3,(H,29,31). The predicted molar refractivity (Wildman–Crippen MR) is 125 cm³/mol. The Morgan fingerprint density at radius 1 is 1.03 bits per heavy atom.